The zero-order valence-corrected chi connectivity index (χ0v) is 27.5. The van der Waals surface area contributed by atoms with Gasteiger partial charge in [0.15, 0.2) is 5.65 Å². The van der Waals surface area contributed by atoms with Crippen LogP contribution in [0.25, 0.3) is 39.1 Å². The van der Waals surface area contributed by atoms with Gasteiger partial charge in [-0.15, -0.1) is 0 Å². The van der Waals surface area contributed by atoms with Crippen LogP contribution in [-0.4, -0.2) is 101 Å². The Hall–Kier alpha value is -5.41. The molecule has 16 heteroatoms. The summed E-state index contributed by atoms with van der Waals surface area (Å²) >= 11 is 6.50. The minimum Gasteiger partial charge on any atom is -0.506 e. The van der Waals surface area contributed by atoms with Gasteiger partial charge in [-0.2, -0.15) is 15.1 Å². The summed E-state index contributed by atoms with van der Waals surface area (Å²) in [6.45, 7) is 3.05. The Kier molecular flexibility index (Phi) is 7.52. The number of ether oxygens (including phenoxy) is 1. The average molecular weight is 684 g/mol. The first-order valence-corrected chi connectivity index (χ1v) is 16.1. The molecule has 1 amide bonds. The summed E-state index contributed by atoms with van der Waals surface area (Å²) in [4.78, 5) is 41.4. The monoisotopic (exact) mass is 683 g/mol. The maximum Gasteiger partial charge on any atom is 0.245 e. The highest BCUT2D eigenvalue weighted by molar-refractivity contribution is 6.28. The predicted octanol–water partition coefficient (Wildman–Crippen LogP) is 3.98. The largest absolute Gasteiger partial charge is 0.506 e. The van der Waals surface area contributed by atoms with Crippen LogP contribution in [0.5, 0.6) is 5.75 Å². The van der Waals surface area contributed by atoms with E-state index in [0.29, 0.717) is 54.5 Å². The topological polar surface area (TPSA) is 152 Å². The second kappa shape index (κ2) is 11.9. The van der Waals surface area contributed by atoms with E-state index in [-0.39, 0.29) is 40.4 Å². The second-order valence-corrected chi connectivity index (χ2v) is 12.6. The normalized spacial score (nSPS) is 19.7. The molecule has 0 aliphatic carbocycles. The molecule has 2 aliphatic heterocycles. The maximum absolute atomic E-state index is 14.4. The Morgan fingerprint density at radius 2 is 1.94 bits per heavy atom. The number of aromatic hydroxyl groups is 1. The van der Waals surface area contributed by atoms with Crippen molar-refractivity contribution in [1.29, 1.82) is 0 Å². The SMILES string of the molecule is CO[C@H]1CN(C)C(=O)[C@@H]2CC(CN2c2nc(Cl)nc3c2cnn3-c2ccc(F)cc2O)Nc2cccc(n2)-c2nccc3nc(C)n(c23)C1. The third kappa shape index (κ3) is 5.34. The number of halogens is 2. The number of nitrogens with zero attached hydrogens (tertiary/aromatic N) is 10. The molecule has 7 heterocycles. The highest BCUT2D eigenvalue weighted by atomic mass is 35.5. The van der Waals surface area contributed by atoms with Crippen LogP contribution < -0.4 is 10.2 Å². The van der Waals surface area contributed by atoms with Crippen molar-refractivity contribution in [3.05, 3.63) is 71.8 Å². The van der Waals surface area contributed by atoms with E-state index in [1.165, 1.54) is 16.8 Å². The Morgan fingerprint density at radius 1 is 1.08 bits per heavy atom. The average Bonchev–Trinajstić information content (AvgIpc) is 3.78. The maximum atomic E-state index is 14.4. The number of rotatable bonds is 3. The van der Waals surface area contributed by atoms with Crippen LogP contribution in [0.4, 0.5) is 16.0 Å². The van der Waals surface area contributed by atoms with Crippen molar-refractivity contribution in [2.75, 3.05) is 37.5 Å². The number of hydrogen-bond acceptors (Lipinski definition) is 11. The zero-order chi connectivity index (χ0) is 34.0. The van der Waals surface area contributed by atoms with E-state index in [0.717, 1.165) is 22.9 Å². The summed E-state index contributed by atoms with van der Waals surface area (Å²) in [5.41, 5.74) is 3.53. The molecule has 0 spiro atoms. The lowest BCUT2D eigenvalue weighted by atomic mass is 10.1. The summed E-state index contributed by atoms with van der Waals surface area (Å²) < 4.78 is 23.2. The number of methoxy groups -OCH3 is 1. The van der Waals surface area contributed by atoms with Crippen molar-refractivity contribution in [3.8, 4) is 22.8 Å². The van der Waals surface area contributed by atoms with Gasteiger partial charge in [-0.3, -0.25) is 9.78 Å². The van der Waals surface area contributed by atoms with Gasteiger partial charge in [0, 0.05) is 45.6 Å². The fourth-order valence-corrected chi connectivity index (χ4v) is 7.03. The number of aryl methyl sites for hydroxylation is 1. The number of carbonyl (C=O) groups is 1. The number of likely N-dealkylation sites (N-methyl/N-ethyl adjacent to an activating group) is 1. The van der Waals surface area contributed by atoms with Gasteiger partial charge in [-0.05, 0) is 55.3 Å². The first-order chi connectivity index (χ1) is 23.7. The van der Waals surface area contributed by atoms with Gasteiger partial charge in [0.2, 0.25) is 11.2 Å². The van der Waals surface area contributed by atoms with E-state index < -0.39 is 11.9 Å². The van der Waals surface area contributed by atoms with Crippen LogP contribution in [0.15, 0.2) is 54.9 Å². The molecule has 3 atom stereocenters. The lowest BCUT2D eigenvalue weighted by Crippen LogP contribution is -2.47. The van der Waals surface area contributed by atoms with Gasteiger partial charge in [-0.1, -0.05) is 6.07 Å². The van der Waals surface area contributed by atoms with Crippen molar-refractivity contribution >= 4 is 51.2 Å². The molecular formula is C33H31ClFN11O3. The standard InChI is InChI=1S/C33H31ClFN11O3/c1-17-38-23-9-10-36-28-22-5-4-6-27(40-22)39-19-12-25(32(48)43(2)15-20(49-3)16-44(17)29(23)28)45(14-19)30-21-13-37-46(31(21)42-33(34)41-30)24-8-7-18(35)11-26(24)47/h4-11,13,19-20,25,47H,12,14-16H2,1-3H3,(H,39,40)/t19?,20-,25-/m0/s1. The summed E-state index contributed by atoms with van der Waals surface area (Å²) in [7, 11) is 3.40. The number of benzene rings is 1. The highest BCUT2D eigenvalue weighted by Crippen LogP contribution is 2.35. The number of phenols is 1. The van der Waals surface area contributed by atoms with Crippen LogP contribution in [0, 0.1) is 12.7 Å². The van der Waals surface area contributed by atoms with Gasteiger partial charge >= 0.3 is 0 Å². The lowest BCUT2D eigenvalue weighted by Gasteiger charge is -2.31. The highest BCUT2D eigenvalue weighted by Gasteiger charge is 2.41. The first kappa shape index (κ1) is 30.9. The van der Waals surface area contributed by atoms with Crippen molar-refractivity contribution in [1.82, 2.24) is 44.2 Å². The van der Waals surface area contributed by atoms with Crippen molar-refractivity contribution in [2.24, 2.45) is 0 Å². The number of hydrogen-bond donors (Lipinski definition) is 2. The van der Waals surface area contributed by atoms with Crippen molar-refractivity contribution < 1.29 is 19.0 Å². The molecule has 14 nitrogen and oxygen atoms in total. The molecule has 49 heavy (non-hydrogen) atoms. The van der Waals surface area contributed by atoms with E-state index >= 15 is 0 Å². The smallest absolute Gasteiger partial charge is 0.245 e. The van der Waals surface area contributed by atoms with E-state index in [4.69, 9.17) is 31.3 Å². The van der Waals surface area contributed by atoms with Crippen LogP contribution >= 0.6 is 11.6 Å². The van der Waals surface area contributed by atoms with E-state index in [1.807, 2.05) is 36.1 Å². The second-order valence-electron chi connectivity index (χ2n) is 12.3. The quantitative estimate of drug-likeness (QED) is 0.261. The zero-order valence-electron chi connectivity index (χ0n) is 26.7. The van der Waals surface area contributed by atoms with Crippen molar-refractivity contribution in [3.63, 3.8) is 0 Å². The fourth-order valence-electron chi connectivity index (χ4n) is 6.87. The first-order valence-electron chi connectivity index (χ1n) is 15.7. The Balaban J connectivity index is 1.23. The van der Waals surface area contributed by atoms with Gasteiger partial charge in [0.25, 0.3) is 0 Å². The number of phenolic OH excluding ortho intramolecular Hbond substituents is 1. The van der Waals surface area contributed by atoms with Gasteiger partial charge < -0.3 is 29.5 Å². The number of nitrogens with one attached hydrogen (secondary N) is 1. The molecule has 1 fully saturated rings. The van der Waals surface area contributed by atoms with E-state index in [2.05, 4.69) is 25.0 Å². The van der Waals surface area contributed by atoms with E-state index in [9.17, 15) is 14.3 Å². The fraction of sp³-hybridized carbons (Fsp3) is 0.303. The molecule has 5 aromatic heterocycles. The molecule has 1 aromatic carbocycles. The molecule has 4 bridgehead atoms. The summed E-state index contributed by atoms with van der Waals surface area (Å²) in [6.07, 6.45) is 3.34. The molecule has 250 valence electrons. The predicted molar refractivity (Wildman–Crippen MR) is 180 cm³/mol. The molecule has 6 aromatic rings. The molecule has 1 unspecified atom stereocenters. The van der Waals surface area contributed by atoms with Crippen LogP contribution in [0.1, 0.15) is 12.2 Å². The van der Waals surface area contributed by atoms with Crippen molar-refractivity contribution in [2.45, 2.75) is 38.1 Å². The molecule has 2 N–H and O–H groups in total. The summed E-state index contributed by atoms with van der Waals surface area (Å²) in [5, 5.41) is 18.9. The Morgan fingerprint density at radius 3 is 2.76 bits per heavy atom. The van der Waals surface area contributed by atoms with Gasteiger partial charge in [0.1, 0.15) is 46.5 Å². The third-order valence-corrected chi connectivity index (χ3v) is 9.34. The molecule has 2 aliphatic rings. The number of imidazole rings is 1. The summed E-state index contributed by atoms with van der Waals surface area (Å²) in [5.74, 6) is 0.775. The molecule has 8 rings (SSSR count). The van der Waals surface area contributed by atoms with Gasteiger partial charge in [0.05, 0.1) is 41.0 Å². The minimum atomic E-state index is -0.648. The summed E-state index contributed by atoms with van der Waals surface area (Å²) in [6, 6.07) is 10.4. The van der Waals surface area contributed by atoms with Gasteiger partial charge in [-0.25, -0.2) is 19.0 Å². The molecule has 1 saturated heterocycles. The Labute approximate surface area is 284 Å². The molecule has 0 saturated carbocycles. The number of amides is 1. The number of aromatic nitrogens is 8. The Bertz CT molecular complexity index is 2260. The lowest BCUT2D eigenvalue weighted by molar-refractivity contribution is -0.132. The number of pyridine rings is 2. The number of fused-ring (bicyclic) bond motifs is 6. The number of carbonyl (C=O) groups excluding carboxylic acids is 1. The van der Waals surface area contributed by atoms with Crippen LogP contribution in [-0.2, 0) is 16.1 Å². The molecular weight excluding hydrogens is 653 g/mol. The van der Waals surface area contributed by atoms with Crippen LogP contribution in [0.3, 0.4) is 0 Å². The minimum absolute atomic E-state index is 0.0778. The number of anilines is 2. The van der Waals surface area contributed by atoms with E-state index in [1.54, 1.807) is 31.5 Å². The van der Waals surface area contributed by atoms with Crippen LogP contribution in [0.2, 0.25) is 5.28 Å². The third-order valence-electron chi connectivity index (χ3n) is 9.17. The molecule has 0 radical (unpaired) electrons.